The van der Waals surface area contributed by atoms with Crippen molar-refractivity contribution in [2.75, 3.05) is 20.2 Å². The minimum Gasteiger partial charge on any atom is -0.381 e. The van der Waals surface area contributed by atoms with Crippen molar-refractivity contribution < 1.29 is 22.7 Å². The van der Waals surface area contributed by atoms with Gasteiger partial charge in [0.25, 0.3) is 0 Å². The number of nitrogens with one attached hydrogen (secondary N) is 1. The molecule has 2 amide bonds. The van der Waals surface area contributed by atoms with Crippen LogP contribution in [0, 0.1) is 5.41 Å². The number of rotatable bonds is 2. The first-order chi connectivity index (χ1) is 8.75. The molecule has 0 aromatic carbocycles. The Morgan fingerprint density at radius 2 is 2.05 bits per heavy atom. The largest absolute Gasteiger partial charge is 0.395 e. The molecule has 0 aromatic heterocycles. The Morgan fingerprint density at radius 1 is 1.42 bits per heavy atom. The van der Waals surface area contributed by atoms with Gasteiger partial charge in [-0.05, 0) is 26.2 Å². The summed E-state index contributed by atoms with van der Waals surface area (Å²) in [6, 6.07) is -0.372. The second-order valence-corrected chi connectivity index (χ2v) is 5.71. The van der Waals surface area contributed by atoms with Crippen LogP contribution in [0.15, 0.2) is 0 Å². The predicted molar refractivity (Wildman–Crippen MR) is 62.7 cm³/mol. The molecule has 7 heteroatoms. The SMILES string of the molecule is COC1CC(NC(=O)N2CC[C@](C)(C(F)(F)F)C2)C1. The third kappa shape index (κ3) is 2.80. The molecular weight excluding hydrogens is 261 g/mol. The van der Waals surface area contributed by atoms with E-state index >= 15 is 0 Å². The molecule has 1 heterocycles. The molecule has 1 N–H and O–H groups in total. The van der Waals surface area contributed by atoms with Crippen LogP contribution in [0.3, 0.4) is 0 Å². The van der Waals surface area contributed by atoms with Gasteiger partial charge in [-0.1, -0.05) is 0 Å². The number of halogens is 3. The number of carbonyl (C=O) groups is 1. The van der Waals surface area contributed by atoms with E-state index in [0.717, 1.165) is 12.8 Å². The van der Waals surface area contributed by atoms with Gasteiger partial charge >= 0.3 is 12.2 Å². The Labute approximate surface area is 110 Å². The zero-order chi connectivity index (χ0) is 14.3. The van der Waals surface area contributed by atoms with E-state index in [0.29, 0.717) is 0 Å². The second kappa shape index (κ2) is 4.85. The second-order valence-electron chi connectivity index (χ2n) is 5.71. The van der Waals surface area contributed by atoms with Gasteiger partial charge in [0.1, 0.15) is 0 Å². The highest BCUT2D eigenvalue weighted by atomic mass is 19.4. The molecule has 1 aliphatic carbocycles. The average molecular weight is 280 g/mol. The van der Waals surface area contributed by atoms with Crippen molar-refractivity contribution in [2.24, 2.45) is 5.41 Å². The molecule has 0 aromatic rings. The fourth-order valence-electron chi connectivity index (χ4n) is 2.51. The number of hydrogen-bond donors (Lipinski definition) is 1. The summed E-state index contributed by atoms with van der Waals surface area (Å²) in [5.41, 5.74) is -1.78. The van der Waals surface area contributed by atoms with Crippen molar-refractivity contribution in [3.63, 3.8) is 0 Å². The monoisotopic (exact) mass is 280 g/mol. The van der Waals surface area contributed by atoms with Gasteiger partial charge in [0.15, 0.2) is 0 Å². The molecule has 0 bridgehead atoms. The first-order valence-electron chi connectivity index (χ1n) is 6.40. The molecule has 2 rings (SSSR count). The van der Waals surface area contributed by atoms with Crippen molar-refractivity contribution in [3.05, 3.63) is 0 Å². The Bertz CT molecular complexity index is 355. The maximum atomic E-state index is 12.8. The molecular formula is C12H19F3N2O2. The predicted octanol–water partition coefficient (Wildman–Crippen LogP) is 2.15. The minimum atomic E-state index is -4.26. The molecule has 1 aliphatic heterocycles. The quantitative estimate of drug-likeness (QED) is 0.842. The Hall–Kier alpha value is -0.980. The summed E-state index contributed by atoms with van der Waals surface area (Å²) in [6.07, 6.45) is -2.68. The van der Waals surface area contributed by atoms with Crippen molar-refractivity contribution in [2.45, 2.75) is 44.5 Å². The fourth-order valence-corrected chi connectivity index (χ4v) is 2.51. The van der Waals surface area contributed by atoms with Gasteiger partial charge in [0.05, 0.1) is 11.5 Å². The van der Waals surface area contributed by atoms with Gasteiger partial charge in [0.2, 0.25) is 0 Å². The minimum absolute atomic E-state index is 0.0233. The molecule has 0 unspecified atom stereocenters. The number of carbonyl (C=O) groups excluding carboxylic acids is 1. The smallest absolute Gasteiger partial charge is 0.381 e. The number of methoxy groups -OCH3 is 1. The maximum Gasteiger partial charge on any atom is 0.395 e. The third-order valence-corrected chi connectivity index (χ3v) is 4.20. The van der Waals surface area contributed by atoms with Gasteiger partial charge in [0, 0.05) is 26.2 Å². The highest BCUT2D eigenvalue weighted by Gasteiger charge is 2.55. The lowest BCUT2D eigenvalue weighted by Gasteiger charge is -2.36. The third-order valence-electron chi connectivity index (χ3n) is 4.20. The molecule has 110 valence electrons. The van der Waals surface area contributed by atoms with Crippen molar-refractivity contribution in [3.8, 4) is 0 Å². The zero-order valence-corrected chi connectivity index (χ0v) is 11.1. The Kier molecular flexibility index (Phi) is 3.68. The van der Waals surface area contributed by atoms with Gasteiger partial charge in [-0.3, -0.25) is 0 Å². The molecule has 4 nitrogen and oxygen atoms in total. The number of urea groups is 1. The molecule has 2 aliphatic rings. The lowest BCUT2D eigenvalue weighted by molar-refractivity contribution is -0.212. The Balaban J connectivity index is 1.83. The van der Waals surface area contributed by atoms with E-state index < -0.39 is 17.6 Å². The highest BCUT2D eigenvalue weighted by Crippen LogP contribution is 2.44. The van der Waals surface area contributed by atoms with Crippen molar-refractivity contribution in [1.82, 2.24) is 10.2 Å². The van der Waals surface area contributed by atoms with E-state index in [9.17, 15) is 18.0 Å². The van der Waals surface area contributed by atoms with Crippen LogP contribution >= 0.6 is 0 Å². The van der Waals surface area contributed by atoms with Gasteiger partial charge in [-0.15, -0.1) is 0 Å². The van der Waals surface area contributed by atoms with E-state index in [1.807, 2.05) is 0 Å². The molecule has 2 fully saturated rings. The lowest BCUT2D eigenvalue weighted by Crippen LogP contribution is -2.52. The summed E-state index contributed by atoms with van der Waals surface area (Å²) in [6.45, 7) is 1.07. The summed E-state index contributed by atoms with van der Waals surface area (Å²) >= 11 is 0. The molecule has 0 spiro atoms. The maximum absolute atomic E-state index is 12.8. The van der Waals surface area contributed by atoms with Crippen LogP contribution in [0.25, 0.3) is 0 Å². The fraction of sp³-hybridized carbons (Fsp3) is 0.917. The average Bonchev–Trinajstić information content (AvgIpc) is 2.66. The first-order valence-corrected chi connectivity index (χ1v) is 6.40. The van der Waals surface area contributed by atoms with Gasteiger partial charge in [-0.25, -0.2) is 4.79 Å². The standard InChI is InChI=1S/C12H19F3N2O2/c1-11(12(13,14)15)3-4-17(7-11)10(18)16-8-5-9(6-8)19-2/h8-9H,3-7H2,1-2H3,(H,16,18)/t8?,9?,11-/m0/s1. The number of alkyl halides is 3. The molecule has 1 saturated heterocycles. The molecule has 0 radical (unpaired) electrons. The van der Waals surface area contributed by atoms with Crippen LogP contribution < -0.4 is 5.32 Å². The molecule has 1 atom stereocenters. The Morgan fingerprint density at radius 3 is 2.53 bits per heavy atom. The topological polar surface area (TPSA) is 41.6 Å². The van der Waals surface area contributed by atoms with E-state index in [4.69, 9.17) is 4.74 Å². The van der Waals surface area contributed by atoms with Gasteiger partial charge in [-0.2, -0.15) is 13.2 Å². The number of ether oxygens (including phenoxy) is 1. The van der Waals surface area contributed by atoms with Crippen molar-refractivity contribution >= 4 is 6.03 Å². The van der Waals surface area contributed by atoms with E-state index in [2.05, 4.69) is 5.32 Å². The normalized spacial score (nSPS) is 35.1. The molecule has 1 saturated carbocycles. The summed E-state index contributed by atoms with van der Waals surface area (Å²) < 4.78 is 43.6. The van der Waals surface area contributed by atoms with Crippen molar-refractivity contribution in [1.29, 1.82) is 0 Å². The zero-order valence-electron chi connectivity index (χ0n) is 11.1. The highest BCUT2D eigenvalue weighted by molar-refractivity contribution is 5.75. The number of amides is 2. The summed E-state index contributed by atoms with van der Waals surface area (Å²) in [7, 11) is 1.61. The summed E-state index contributed by atoms with van der Waals surface area (Å²) in [4.78, 5) is 13.1. The van der Waals surface area contributed by atoms with Gasteiger partial charge < -0.3 is 15.0 Å². The van der Waals surface area contributed by atoms with E-state index in [-0.39, 0.29) is 31.7 Å². The van der Waals surface area contributed by atoms with E-state index in [1.165, 1.54) is 11.8 Å². The van der Waals surface area contributed by atoms with Crippen LogP contribution in [0.4, 0.5) is 18.0 Å². The van der Waals surface area contributed by atoms with Crippen LogP contribution in [-0.2, 0) is 4.74 Å². The number of nitrogens with zero attached hydrogens (tertiary/aromatic N) is 1. The number of hydrogen-bond acceptors (Lipinski definition) is 2. The van der Waals surface area contributed by atoms with Crippen LogP contribution in [0.2, 0.25) is 0 Å². The van der Waals surface area contributed by atoms with Crippen LogP contribution in [0.1, 0.15) is 26.2 Å². The summed E-state index contributed by atoms with van der Waals surface area (Å²) in [5.74, 6) is 0. The van der Waals surface area contributed by atoms with Crippen LogP contribution in [0.5, 0.6) is 0 Å². The first kappa shape index (κ1) is 14.4. The lowest BCUT2D eigenvalue weighted by atomic mass is 9.89. The van der Waals surface area contributed by atoms with Crippen LogP contribution in [-0.4, -0.2) is 49.5 Å². The number of likely N-dealkylation sites (tertiary alicyclic amines) is 1. The molecule has 19 heavy (non-hydrogen) atoms. The summed E-state index contributed by atoms with van der Waals surface area (Å²) in [5, 5.41) is 2.75. The van der Waals surface area contributed by atoms with E-state index in [1.54, 1.807) is 7.11 Å².